The van der Waals surface area contributed by atoms with Crippen LogP contribution in [0.2, 0.25) is 0 Å². The topological polar surface area (TPSA) is 55.3 Å². The Morgan fingerprint density at radius 2 is 1.85 bits per heavy atom. The van der Waals surface area contributed by atoms with Crippen LogP contribution in [0.3, 0.4) is 0 Å². The first kappa shape index (κ1) is 21.9. The van der Waals surface area contributed by atoms with Crippen LogP contribution in [0.4, 0.5) is 0 Å². The third kappa shape index (κ3) is 5.12. The summed E-state index contributed by atoms with van der Waals surface area (Å²) in [7, 11) is 0. The molecular formula is C20H22BrCl2N3O. The van der Waals surface area contributed by atoms with E-state index in [0.29, 0.717) is 12.5 Å². The molecule has 27 heavy (non-hydrogen) atoms. The van der Waals surface area contributed by atoms with Gasteiger partial charge < -0.3 is 10.2 Å². The van der Waals surface area contributed by atoms with E-state index >= 15 is 0 Å². The molecule has 0 spiro atoms. The molecule has 1 saturated heterocycles. The molecule has 7 heteroatoms. The predicted molar refractivity (Wildman–Crippen MR) is 117 cm³/mol. The molecule has 2 N–H and O–H groups in total. The van der Waals surface area contributed by atoms with E-state index in [1.165, 1.54) is 5.56 Å². The molecule has 1 fully saturated rings. The average molecular weight is 471 g/mol. The van der Waals surface area contributed by atoms with Crippen LogP contribution in [-0.2, 0) is 6.54 Å². The van der Waals surface area contributed by atoms with Crippen molar-refractivity contribution in [3.05, 3.63) is 76.7 Å². The second-order valence-corrected chi connectivity index (χ2v) is 7.42. The Labute approximate surface area is 180 Å². The van der Waals surface area contributed by atoms with Gasteiger partial charge in [0.15, 0.2) is 5.76 Å². The molecule has 0 aliphatic carbocycles. The molecule has 0 unspecified atom stereocenters. The largest absolute Gasteiger partial charge is 0.439 e. The number of oxazole rings is 1. The number of hydrogen-bond donors (Lipinski definition) is 1. The summed E-state index contributed by atoms with van der Waals surface area (Å²) in [5.74, 6) is 1.89. The minimum absolute atomic E-state index is 0. The van der Waals surface area contributed by atoms with Crippen molar-refractivity contribution < 1.29 is 4.42 Å². The summed E-state index contributed by atoms with van der Waals surface area (Å²) >= 11 is 3.49. The first-order valence-corrected chi connectivity index (χ1v) is 9.22. The van der Waals surface area contributed by atoms with Crippen molar-refractivity contribution in [2.75, 3.05) is 13.1 Å². The van der Waals surface area contributed by atoms with E-state index < -0.39 is 0 Å². The predicted octanol–water partition coefficient (Wildman–Crippen LogP) is 4.87. The van der Waals surface area contributed by atoms with Gasteiger partial charge in [-0.1, -0.05) is 58.4 Å². The number of nitrogens with two attached hydrogens (primary N) is 1. The van der Waals surface area contributed by atoms with Crippen LogP contribution < -0.4 is 5.73 Å². The molecule has 0 radical (unpaired) electrons. The molecule has 4 nitrogen and oxygen atoms in total. The van der Waals surface area contributed by atoms with Gasteiger partial charge in [-0.3, -0.25) is 4.90 Å². The maximum absolute atomic E-state index is 6.37. The lowest BCUT2D eigenvalue weighted by atomic mass is 9.95. The maximum atomic E-state index is 6.37. The highest BCUT2D eigenvalue weighted by molar-refractivity contribution is 9.10. The van der Waals surface area contributed by atoms with Gasteiger partial charge in [-0.25, -0.2) is 4.98 Å². The fourth-order valence-corrected chi connectivity index (χ4v) is 3.84. The fourth-order valence-electron chi connectivity index (χ4n) is 3.45. The highest BCUT2D eigenvalue weighted by Gasteiger charge is 2.31. The van der Waals surface area contributed by atoms with Crippen LogP contribution in [0.15, 0.2) is 69.7 Å². The second kappa shape index (κ2) is 9.71. The minimum atomic E-state index is 0. The van der Waals surface area contributed by atoms with E-state index in [-0.39, 0.29) is 30.9 Å². The number of halogens is 3. The van der Waals surface area contributed by atoms with E-state index in [1.807, 2.05) is 30.3 Å². The monoisotopic (exact) mass is 469 g/mol. The average Bonchev–Trinajstić information content (AvgIpc) is 3.23. The van der Waals surface area contributed by atoms with Gasteiger partial charge in [0.2, 0.25) is 5.89 Å². The molecule has 1 aliphatic heterocycles. The number of aromatic nitrogens is 1. The number of benzene rings is 2. The van der Waals surface area contributed by atoms with E-state index in [4.69, 9.17) is 10.2 Å². The van der Waals surface area contributed by atoms with E-state index in [2.05, 4.69) is 50.1 Å². The summed E-state index contributed by atoms with van der Waals surface area (Å²) < 4.78 is 6.98. The third-order valence-electron chi connectivity index (χ3n) is 4.69. The fraction of sp³-hybridized carbons (Fsp3) is 0.250. The van der Waals surface area contributed by atoms with E-state index in [1.54, 1.807) is 6.20 Å². The number of likely N-dealkylation sites (tertiary alicyclic amines) is 1. The number of rotatable bonds is 4. The van der Waals surface area contributed by atoms with Crippen molar-refractivity contribution in [3.8, 4) is 11.3 Å². The van der Waals surface area contributed by atoms with E-state index in [0.717, 1.165) is 34.8 Å². The van der Waals surface area contributed by atoms with Crippen molar-refractivity contribution in [1.82, 2.24) is 9.88 Å². The normalized spacial score (nSPS) is 19.3. The SMILES string of the molecule is Cl.Cl.N[C@@H]1CN(Cc2ncc(-c3cccc(Br)c3)o2)C[C@H]1c1ccccc1. The van der Waals surface area contributed by atoms with Crippen molar-refractivity contribution in [3.63, 3.8) is 0 Å². The van der Waals surface area contributed by atoms with Crippen molar-refractivity contribution in [2.24, 2.45) is 5.73 Å². The molecule has 2 atom stereocenters. The van der Waals surface area contributed by atoms with Crippen LogP contribution in [0.25, 0.3) is 11.3 Å². The molecule has 2 aromatic carbocycles. The number of nitrogens with zero attached hydrogens (tertiary/aromatic N) is 2. The molecule has 1 aliphatic rings. The van der Waals surface area contributed by atoms with E-state index in [9.17, 15) is 0 Å². The summed E-state index contributed by atoms with van der Waals surface area (Å²) in [5, 5.41) is 0. The Kier molecular flexibility index (Phi) is 7.89. The lowest BCUT2D eigenvalue weighted by molar-refractivity contribution is 0.287. The molecule has 3 aromatic rings. The molecule has 0 saturated carbocycles. The van der Waals surface area contributed by atoms with Gasteiger partial charge in [0.05, 0.1) is 12.7 Å². The minimum Gasteiger partial charge on any atom is -0.439 e. The Hall–Kier alpha value is -1.37. The van der Waals surface area contributed by atoms with Crippen molar-refractivity contribution >= 4 is 40.7 Å². The molecule has 1 aromatic heterocycles. The van der Waals surface area contributed by atoms with Crippen LogP contribution in [-0.4, -0.2) is 29.0 Å². The lowest BCUT2D eigenvalue weighted by Crippen LogP contribution is -2.28. The maximum Gasteiger partial charge on any atom is 0.209 e. The highest BCUT2D eigenvalue weighted by atomic mass is 79.9. The smallest absolute Gasteiger partial charge is 0.209 e. The van der Waals surface area contributed by atoms with Crippen LogP contribution in [0.5, 0.6) is 0 Å². The first-order chi connectivity index (χ1) is 12.2. The standard InChI is InChI=1S/C20H20BrN3O.2ClH/c21-16-8-4-7-15(9-16)19-10-23-20(25-19)13-24-11-17(18(22)12-24)14-5-2-1-3-6-14;;/h1-10,17-18H,11-13,22H2;2*1H/t17-,18+;;/m0../s1. The highest BCUT2D eigenvalue weighted by Crippen LogP contribution is 2.28. The Balaban J connectivity index is 0.00000131. The molecule has 0 amide bonds. The molecule has 4 rings (SSSR count). The van der Waals surface area contributed by atoms with Gasteiger partial charge in [0, 0.05) is 35.1 Å². The van der Waals surface area contributed by atoms with Gasteiger partial charge in [-0.2, -0.15) is 0 Å². The third-order valence-corrected chi connectivity index (χ3v) is 5.18. The molecule has 0 bridgehead atoms. The van der Waals surface area contributed by atoms with Crippen molar-refractivity contribution in [2.45, 2.75) is 18.5 Å². The number of hydrogen-bond acceptors (Lipinski definition) is 4. The Morgan fingerprint density at radius 1 is 1.07 bits per heavy atom. The second-order valence-electron chi connectivity index (χ2n) is 6.50. The Morgan fingerprint density at radius 3 is 2.59 bits per heavy atom. The van der Waals surface area contributed by atoms with Crippen LogP contribution in [0, 0.1) is 0 Å². The molecule has 2 heterocycles. The van der Waals surface area contributed by atoms with Gasteiger partial charge in [-0.15, -0.1) is 24.8 Å². The zero-order chi connectivity index (χ0) is 17.2. The summed E-state index contributed by atoms with van der Waals surface area (Å²) in [6.45, 7) is 2.47. The lowest BCUT2D eigenvalue weighted by Gasteiger charge is -2.14. The molecular weight excluding hydrogens is 449 g/mol. The summed E-state index contributed by atoms with van der Waals surface area (Å²) in [6, 6.07) is 18.7. The molecule has 144 valence electrons. The van der Waals surface area contributed by atoms with Gasteiger partial charge in [0.25, 0.3) is 0 Å². The van der Waals surface area contributed by atoms with Crippen LogP contribution >= 0.6 is 40.7 Å². The van der Waals surface area contributed by atoms with Crippen LogP contribution in [0.1, 0.15) is 17.4 Å². The summed E-state index contributed by atoms with van der Waals surface area (Å²) in [4.78, 5) is 6.76. The zero-order valence-corrected chi connectivity index (χ0v) is 17.8. The van der Waals surface area contributed by atoms with Gasteiger partial charge in [0.1, 0.15) is 0 Å². The van der Waals surface area contributed by atoms with Crippen molar-refractivity contribution in [1.29, 1.82) is 0 Å². The Bertz CT molecular complexity index is 859. The van der Waals surface area contributed by atoms with Gasteiger partial charge in [-0.05, 0) is 17.7 Å². The quantitative estimate of drug-likeness (QED) is 0.590. The summed E-state index contributed by atoms with van der Waals surface area (Å²) in [6.07, 6.45) is 1.79. The first-order valence-electron chi connectivity index (χ1n) is 8.42. The summed E-state index contributed by atoms with van der Waals surface area (Å²) in [5.41, 5.74) is 8.70. The zero-order valence-electron chi connectivity index (χ0n) is 14.6. The van der Waals surface area contributed by atoms with Gasteiger partial charge >= 0.3 is 0 Å².